The van der Waals surface area contributed by atoms with Crippen LogP contribution in [0.5, 0.6) is 5.75 Å². The lowest BCUT2D eigenvalue weighted by atomic mass is 9.87. The van der Waals surface area contributed by atoms with Crippen LogP contribution < -0.4 is 25.2 Å². The van der Waals surface area contributed by atoms with Crippen molar-refractivity contribution in [2.24, 2.45) is 0 Å². The van der Waals surface area contributed by atoms with Crippen LogP contribution in [0.25, 0.3) is 0 Å². The quantitative estimate of drug-likeness (QED) is 0.232. The van der Waals surface area contributed by atoms with E-state index in [0.717, 1.165) is 49.7 Å². The average molecular weight is 591 g/mol. The number of carbonyl (C=O) groups excluding carboxylic acids is 2. The molecule has 5 rings (SSSR count). The number of anilines is 3. The Morgan fingerprint density at radius 2 is 1.39 bits per heavy atom. The summed E-state index contributed by atoms with van der Waals surface area (Å²) in [4.78, 5) is 31.3. The van der Waals surface area contributed by atoms with Gasteiger partial charge in [0.1, 0.15) is 5.75 Å². The van der Waals surface area contributed by atoms with E-state index in [1.54, 1.807) is 13.2 Å². The molecule has 0 radical (unpaired) electrons. The fourth-order valence-corrected chi connectivity index (χ4v) is 5.54. The lowest BCUT2D eigenvalue weighted by Crippen LogP contribution is -2.47. The van der Waals surface area contributed by atoms with E-state index in [9.17, 15) is 9.59 Å². The Bertz CT molecular complexity index is 1570. The molecule has 1 saturated heterocycles. The molecule has 1 fully saturated rings. The summed E-state index contributed by atoms with van der Waals surface area (Å²) in [7, 11) is 1.69. The Morgan fingerprint density at radius 1 is 0.750 bits per heavy atom. The van der Waals surface area contributed by atoms with Gasteiger partial charge in [-0.05, 0) is 65.4 Å². The summed E-state index contributed by atoms with van der Waals surface area (Å²) < 4.78 is 5.58. The third-order valence-corrected chi connectivity index (χ3v) is 8.10. The highest BCUT2D eigenvalue weighted by molar-refractivity contribution is 6.06. The van der Waals surface area contributed by atoms with Gasteiger partial charge in [-0.3, -0.25) is 9.59 Å². The molecule has 1 aliphatic heterocycles. The normalized spacial score (nSPS) is 13.4. The molecule has 0 bridgehead atoms. The predicted molar refractivity (Wildman–Crippen MR) is 179 cm³/mol. The number of carbonyl (C=O) groups is 2. The molecule has 4 aromatic rings. The van der Waals surface area contributed by atoms with Gasteiger partial charge < -0.3 is 25.2 Å². The molecule has 0 aliphatic carbocycles. The van der Waals surface area contributed by atoms with E-state index in [1.807, 2.05) is 72.8 Å². The highest BCUT2D eigenvalue weighted by Gasteiger charge is 2.24. The Kier molecular flexibility index (Phi) is 9.53. The number of hydrogen-bond acceptors (Lipinski definition) is 5. The van der Waals surface area contributed by atoms with Gasteiger partial charge in [0.2, 0.25) is 0 Å². The molecule has 2 N–H and O–H groups in total. The highest BCUT2D eigenvalue weighted by atomic mass is 16.5. The number of methoxy groups -OCH3 is 1. The zero-order valence-electron chi connectivity index (χ0n) is 26.1. The standard InChI is InChI=1S/C37H42N4O3/c1-37(2,3)29-16-14-28(15-17-29)35(42)39-30-18-19-32(31(26-30)36(43)38-21-20-27-10-6-5-7-11-27)40-22-24-41(25-23-40)33-12-8-9-13-34(33)44-4/h5-19,26H,20-25H2,1-4H3,(H,38,43)(H,39,42). The van der Waals surface area contributed by atoms with Gasteiger partial charge in [0.15, 0.2) is 0 Å². The van der Waals surface area contributed by atoms with Gasteiger partial charge in [-0.15, -0.1) is 0 Å². The lowest BCUT2D eigenvalue weighted by Gasteiger charge is -2.38. The third kappa shape index (κ3) is 7.40. The van der Waals surface area contributed by atoms with Crippen molar-refractivity contribution < 1.29 is 14.3 Å². The van der Waals surface area contributed by atoms with E-state index in [2.05, 4.69) is 59.4 Å². The largest absolute Gasteiger partial charge is 0.495 e. The Balaban J connectivity index is 1.33. The van der Waals surface area contributed by atoms with E-state index >= 15 is 0 Å². The summed E-state index contributed by atoms with van der Waals surface area (Å²) in [5, 5.41) is 6.11. The van der Waals surface area contributed by atoms with Gasteiger partial charge in [-0.2, -0.15) is 0 Å². The summed E-state index contributed by atoms with van der Waals surface area (Å²) in [6, 6.07) is 31.5. The van der Waals surface area contributed by atoms with Crippen molar-refractivity contribution in [2.45, 2.75) is 32.6 Å². The van der Waals surface area contributed by atoms with Crippen molar-refractivity contribution in [3.63, 3.8) is 0 Å². The van der Waals surface area contributed by atoms with Crippen LogP contribution >= 0.6 is 0 Å². The smallest absolute Gasteiger partial charge is 0.255 e. The Morgan fingerprint density at radius 3 is 2.05 bits per heavy atom. The summed E-state index contributed by atoms with van der Waals surface area (Å²) in [5.41, 5.74) is 5.97. The number of rotatable bonds is 9. The van der Waals surface area contributed by atoms with E-state index in [0.29, 0.717) is 23.4 Å². The number of nitrogens with zero attached hydrogens (tertiary/aromatic N) is 2. The van der Waals surface area contributed by atoms with Crippen molar-refractivity contribution in [2.75, 3.05) is 55.0 Å². The zero-order chi connectivity index (χ0) is 31.1. The van der Waals surface area contributed by atoms with Gasteiger partial charge in [-0.1, -0.05) is 75.4 Å². The number of piperazine rings is 1. The lowest BCUT2D eigenvalue weighted by molar-refractivity contribution is 0.0953. The number of benzene rings is 4. The van der Waals surface area contributed by atoms with Gasteiger partial charge in [-0.25, -0.2) is 0 Å². The number of para-hydroxylation sites is 2. The minimum absolute atomic E-state index is 0.00621. The fraction of sp³-hybridized carbons (Fsp3) is 0.297. The fourth-order valence-electron chi connectivity index (χ4n) is 5.54. The molecular weight excluding hydrogens is 548 g/mol. The average Bonchev–Trinajstić information content (AvgIpc) is 3.05. The number of amides is 2. The van der Waals surface area contributed by atoms with Crippen LogP contribution in [0.15, 0.2) is 97.1 Å². The molecule has 2 amide bonds. The number of nitrogens with one attached hydrogen (secondary N) is 2. The second kappa shape index (κ2) is 13.7. The molecule has 0 spiro atoms. The first-order chi connectivity index (χ1) is 21.2. The number of hydrogen-bond donors (Lipinski definition) is 2. The topological polar surface area (TPSA) is 73.9 Å². The molecule has 44 heavy (non-hydrogen) atoms. The maximum atomic E-state index is 13.6. The Hall–Kier alpha value is -4.78. The first-order valence-electron chi connectivity index (χ1n) is 15.2. The molecule has 1 heterocycles. The van der Waals surface area contributed by atoms with Crippen LogP contribution in [0.4, 0.5) is 17.1 Å². The maximum absolute atomic E-state index is 13.6. The van der Waals surface area contributed by atoms with Crippen LogP contribution in [0, 0.1) is 0 Å². The maximum Gasteiger partial charge on any atom is 0.255 e. The molecule has 0 saturated carbocycles. The minimum Gasteiger partial charge on any atom is -0.495 e. The van der Waals surface area contributed by atoms with Crippen molar-refractivity contribution in [3.05, 3.63) is 119 Å². The molecule has 0 unspecified atom stereocenters. The van der Waals surface area contributed by atoms with Crippen molar-refractivity contribution in [3.8, 4) is 5.75 Å². The van der Waals surface area contributed by atoms with Gasteiger partial charge >= 0.3 is 0 Å². The van der Waals surface area contributed by atoms with Crippen molar-refractivity contribution in [1.29, 1.82) is 0 Å². The predicted octanol–water partition coefficient (Wildman–Crippen LogP) is 6.54. The molecule has 4 aromatic carbocycles. The third-order valence-electron chi connectivity index (χ3n) is 8.10. The van der Waals surface area contributed by atoms with Crippen LogP contribution in [0.1, 0.15) is 52.6 Å². The summed E-state index contributed by atoms with van der Waals surface area (Å²) in [6.45, 7) is 10.0. The highest BCUT2D eigenvalue weighted by Crippen LogP contribution is 2.31. The van der Waals surface area contributed by atoms with Crippen molar-refractivity contribution >= 4 is 28.9 Å². The van der Waals surface area contributed by atoms with E-state index in [1.165, 1.54) is 11.1 Å². The van der Waals surface area contributed by atoms with E-state index in [4.69, 9.17) is 4.74 Å². The van der Waals surface area contributed by atoms with E-state index in [-0.39, 0.29) is 17.2 Å². The minimum atomic E-state index is -0.209. The van der Waals surface area contributed by atoms with Gasteiger partial charge in [0.25, 0.3) is 11.8 Å². The molecular formula is C37H42N4O3. The van der Waals surface area contributed by atoms with Crippen LogP contribution in [0.3, 0.4) is 0 Å². The summed E-state index contributed by atoms with van der Waals surface area (Å²) in [5.74, 6) is 0.486. The second-order valence-corrected chi connectivity index (χ2v) is 12.2. The molecule has 1 aliphatic rings. The van der Waals surface area contributed by atoms with Crippen LogP contribution in [-0.2, 0) is 11.8 Å². The summed E-state index contributed by atoms with van der Waals surface area (Å²) in [6.07, 6.45) is 0.737. The Labute approximate surface area is 260 Å². The van der Waals surface area contributed by atoms with Gasteiger partial charge in [0, 0.05) is 49.7 Å². The molecule has 7 heteroatoms. The van der Waals surface area contributed by atoms with Crippen LogP contribution in [0.2, 0.25) is 0 Å². The molecule has 0 aromatic heterocycles. The van der Waals surface area contributed by atoms with Crippen LogP contribution in [-0.4, -0.2) is 51.6 Å². The molecule has 7 nitrogen and oxygen atoms in total. The molecule has 0 atom stereocenters. The first kappa shape index (κ1) is 30.7. The molecule has 228 valence electrons. The number of ether oxygens (including phenoxy) is 1. The SMILES string of the molecule is COc1ccccc1N1CCN(c2ccc(NC(=O)c3ccc(C(C)(C)C)cc3)cc2C(=O)NCCc2ccccc2)CC1. The first-order valence-corrected chi connectivity index (χ1v) is 15.2. The van der Waals surface area contributed by atoms with E-state index < -0.39 is 0 Å². The zero-order valence-corrected chi connectivity index (χ0v) is 26.1. The summed E-state index contributed by atoms with van der Waals surface area (Å²) >= 11 is 0. The van der Waals surface area contributed by atoms with Gasteiger partial charge in [0.05, 0.1) is 18.4 Å². The van der Waals surface area contributed by atoms with Crippen molar-refractivity contribution in [1.82, 2.24) is 5.32 Å². The monoisotopic (exact) mass is 590 g/mol. The second-order valence-electron chi connectivity index (χ2n) is 12.2.